The molecular formula is C16H19N3. The van der Waals surface area contributed by atoms with Crippen LogP contribution in [0, 0.1) is 12.8 Å². The molecule has 0 amide bonds. The van der Waals surface area contributed by atoms with Gasteiger partial charge in [0, 0.05) is 24.0 Å². The van der Waals surface area contributed by atoms with Gasteiger partial charge in [-0.1, -0.05) is 12.8 Å². The SMILES string of the molecule is Cc1nccn1-c1cncc(C23CCCCC2C3)c1. The van der Waals surface area contributed by atoms with Crippen molar-refractivity contribution in [2.45, 2.75) is 44.4 Å². The van der Waals surface area contributed by atoms with Crippen molar-refractivity contribution in [3.63, 3.8) is 0 Å². The van der Waals surface area contributed by atoms with E-state index < -0.39 is 0 Å². The topological polar surface area (TPSA) is 30.7 Å². The summed E-state index contributed by atoms with van der Waals surface area (Å²) in [6.07, 6.45) is 14.8. The molecule has 98 valence electrons. The van der Waals surface area contributed by atoms with Crippen molar-refractivity contribution in [1.29, 1.82) is 0 Å². The third-order valence-electron chi connectivity index (χ3n) is 5.06. The van der Waals surface area contributed by atoms with Gasteiger partial charge in [-0.2, -0.15) is 0 Å². The van der Waals surface area contributed by atoms with Crippen molar-refractivity contribution >= 4 is 0 Å². The average molecular weight is 253 g/mol. The van der Waals surface area contributed by atoms with E-state index in [0.29, 0.717) is 5.41 Å². The lowest BCUT2D eigenvalue weighted by atomic mass is 9.83. The summed E-state index contributed by atoms with van der Waals surface area (Å²) in [7, 11) is 0. The van der Waals surface area contributed by atoms with E-state index in [1.54, 1.807) is 0 Å². The molecule has 2 heterocycles. The lowest BCUT2D eigenvalue weighted by molar-refractivity contribution is 0.427. The monoisotopic (exact) mass is 253 g/mol. The van der Waals surface area contributed by atoms with Crippen LogP contribution in [-0.2, 0) is 5.41 Å². The van der Waals surface area contributed by atoms with Crippen LogP contribution < -0.4 is 0 Å². The normalized spacial score (nSPS) is 29.0. The predicted molar refractivity (Wildman–Crippen MR) is 74.3 cm³/mol. The molecule has 2 aromatic rings. The highest BCUT2D eigenvalue weighted by Crippen LogP contribution is 2.62. The minimum atomic E-state index is 0.468. The van der Waals surface area contributed by atoms with Crippen molar-refractivity contribution in [3.05, 3.63) is 42.2 Å². The molecular weight excluding hydrogens is 234 g/mol. The van der Waals surface area contributed by atoms with Crippen molar-refractivity contribution in [2.24, 2.45) is 5.92 Å². The number of aryl methyl sites for hydroxylation is 1. The van der Waals surface area contributed by atoms with Crippen LogP contribution in [0.2, 0.25) is 0 Å². The maximum Gasteiger partial charge on any atom is 0.110 e. The Morgan fingerprint density at radius 2 is 2.26 bits per heavy atom. The fourth-order valence-electron chi connectivity index (χ4n) is 3.88. The molecule has 0 N–H and O–H groups in total. The Kier molecular flexibility index (Phi) is 2.32. The summed E-state index contributed by atoms with van der Waals surface area (Å²) in [5.74, 6) is 1.94. The molecule has 2 atom stereocenters. The molecule has 3 nitrogen and oxygen atoms in total. The van der Waals surface area contributed by atoms with E-state index in [9.17, 15) is 0 Å². The third-order valence-corrected chi connectivity index (χ3v) is 5.06. The van der Waals surface area contributed by atoms with Crippen LogP contribution in [0.1, 0.15) is 43.5 Å². The highest BCUT2D eigenvalue weighted by atomic mass is 15.1. The first-order valence-corrected chi connectivity index (χ1v) is 7.25. The van der Waals surface area contributed by atoms with Gasteiger partial charge < -0.3 is 4.57 Å². The number of nitrogens with zero attached hydrogens (tertiary/aromatic N) is 3. The molecule has 2 saturated carbocycles. The predicted octanol–water partition coefficient (Wildman–Crippen LogP) is 3.41. The Bertz CT molecular complexity index is 616. The average Bonchev–Trinajstić information content (AvgIpc) is 3.06. The van der Waals surface area contributed by atoms with Gasteiger partial charge in [0.1, 0.15) is 5.82 Å². The van der Waals surface area contributed by atoms with Crippen molar-refractivity contribution in [1.82, 2.24) is 14.5 Å². The number of imidazole rings is 1. The summed E-state index contributed by atoms with van der Waals surface area (Å²) < 4.78 is 2.12. The summed E-state index contributed by atoms with van der Waals surface area (Å²) in [6, 6.07) is 2.33. The number of pyridine rings is 1. The van der Waals surface area contributed by atoms with Gasteiger partial charge in [-0.25, -0.2) is 4.98 Å². The molecule has 0 spiro atoms. The molecule has 19 heavy (non-hydrogen) atoms. The van der Waals surface area contributed by atoms with Crippen LogP contribution in [0.5, 0.6) is 0 Å². The fourth-order valence-corrected chi connectivity index (χ4v) is 3.88. The third kappa shape index (κ3) is 1.64. The first-order valence-electron chi connectivity index (χ1n) is 7.25. The largest absolute Gasteiger partial charge is 0.302 e. The minimum Gasteiger partial charge on any atom is -0.302 e. The van der Waals surface area contributed by atoms with E-state index in [1.807, 2.05) is 25.5 Å². The summed E-state index contributed by atoms with van der Waals surface area (Å²) in [6.45, 7) is 2.03. The van der Waals surface area contributed by atoms with E-state index in [1.165, 1.54) is 37.7 Å². The number of hydrogen-bond donors (Lipinski definition) is 0. The zero-order chi connectivity index (χ0) is 12.9. The molecule has 2 aromatic heterocycles. The Hall–Kier alpha value is -1.64. The smallest absolute Gasteiger partial charge is 0.110 e. The van der Waals surface area contributed by atoms with Crippen LogP contribution >= 0.6 is 0 Å². The Labute approximate surface area is 113 Å². The highest BCUT2D eigenvalue weighted by molar-refractivity contribution is 5.41. The molecule has 0 aromatic carbocycles. The van der Waals surface area contributed by atoms with E-state index >= 15 is 0 Å². The van der Waals surface area contributed by atoms with Crippen LogP contribution in [-0.4, -0.2) is 14.5 Å². The Morgan fingerprint density at radius 3 is 3.05 bits per heavy atom. The second kappa shape index (κ2) is 3.92. The zero-order valence-electron chi connectivity index (χ0n) is 11.3. The second-order valence-electron chi connectivity index (χ2n) is 6.08. The highest BCUT2D eigenvalue weighted by Gasteiger charge is 2.55. The molecule has 0 saturated heterocycles. The van der Waals surface area contributed by atoms with E-state index in [2.05, 4.69) is 26.8 Å². The van der Waals surface area contributed by atoms with Gasteiger partial charge >= 0.3 is 0 Å². The first kappa shape index (κ1) is 11.2. The number of hydrogen-bond acceptors (Lipinski definition) is 2. The van der Waals surface area contributed by atoms with Gasteiger partial charge in [0.05, 0.1) is 11.9 Å². The van der Waals surface area contributed by atoms with Crippen molar-refractivity contribution in [2.75, 3.05) is 0 Å². The van der Waals surface area contributed by atoms with Crippen LogP contribution in [0.15, 0.2) is 30.9 Å². The van der Waals surface area contributed by atoms with Crippen LogP contribution in [0.4, 0.5) is 0 Å². The van der Waals surface area contributed by atoms with Gasteiger partial charge in [0.15, 0.2) is 0 Å². The summed E-state index contributed by atoms with van der Waals surface area (Å²) in [5, 5.41) is 0. The summed E-state index contributed by atoms with van der Waals surface area (Å²) in [4.78, 5) is 8.78. The molecule has 0 bridgehead atoms. The Morgan fingerprint density at radius 1 is 1.32 bits per heavy atom. The quantitative estimate of drug-likeness (QED) is 0.821. The lowest BCUT2D eigenvalue weighted by Gasteiger charge is -2.22. The number of rotatable bonds is 2. The molecule has 2 aliphatic carbocycles. The van der Waals surface area contributed by atoms with Crippen molar-refractivity contribution in [3.8, 4) is 5.69 Å². The lowest BCUT2D eigenvalue weighted by Crippen LogP contribution is -2.15. The molecule has 2 unspecified atom stereocenters. The summed E-state index contributed by atoms with van der Waals surface area (Å²) >= 11 is 0. The minimum absolute atomic E-state index is 0.468. The molecule has 3 heteroatoms. The van der Waals surface area contributed by atoms with Gasteiger partial charge in [-0.05, 0) is 43.7 Å². The maximum absolute atomic E-state index is 4.48. The maximum atomic E-state index is 4.48. The molecule has 0 radical (unpaired) electrons. The van der Waals surface area contributed by atoms with E-state index in [0.717, 1.165) is 17.4 Å². The van der Waals surface area contributed by atoms with Gasteiger partial charge in [0.2, 0.25) is 0 Å². The van der Waals surface area contributed by atoms with Crippen LogP contribution in [0.25, 0.3) is 5.69 Å². The molecule has 0 aliphatic heterocycles. The van der Waals surface area contributed by atoms with E-state index in [4.69, 9.17) is 0 Å². The van der Waals surface area contributed by atoms with Gasteiger partial charge in [-0.15, -0.1) is 0 Å². The fraction of sp³-hybridized carbons (Fsp3) is 0.500. The van der Waals surface area contributed by atoms with Gasteiger partial charge in [-0.3, -0.25) is 4.98 Å². The summed E-state index contributed by atoms with van der Waals surface area (Å²) in [5.41, 5.74) is 3.07. The standard InChI is InChI=1S/C16H19N3/c1-12-18-6-7-19(12)15-8-14(10-17-11-15)16-5-3-2-4-13(16)9-16/h6-8,10-11,13H,2-5,9H2,1H3. The first-order chi connectivity index (χ1) is 9.29. The zero-order valence-corrected chi connectivity index (χ0v) is 11.3. The molecule has 2 fully saturated rings. The van der Waals surface area contributed by atoms with E-state index in [-0.39, 0.29) is 0 Å². The van der Waals surface area contributed by atoms with Gasteiger partial charge in [0.25, 0.3) is 0 Å². The molecule has 4 rings (SSSR count). The number of fused-ring (bicyclic) bond motifs is 1. The Balaban J connectivity index is 1.74. The van der Waals surface area contributed by atoms with Crippen molar-refractivity contribution < 1.29 is 0 Å². The second-order valence-corrected chi connectivity index (χ2v) is 6.08. The van der Waals surface area contributed by atoms with Crippen LogP contribution in [0.3, 0.4) is 0 Å². The number of aromatic nitrogens is 3. The molecule has 2 aliphatic rings.